The van der Waals surface area contributed by atoms with E-state index in [4.69, 9.17) is 4.74 Å². The third kappa shape index (κ3) is 2.05. The molecule has 1 aromatic heterocycles. The first-order valence-corrected chi connectivity index (χ1v) is 6.45. The molecule has 0 amide bonds. The maximum atomic E-state index is 11.3. The molecule has 0 unspecified atom stereocenters. The number of benzene rings is 1. The fourth-order valence-corrected chi connectivity index (χ4v) is 2.62. The Morgan fingerprint density at radius 3 is 2.90 bits per heavy atom. The van der Waals surface area contributed by atoms with Gasteiger partial charge in [0.25, 0.3) is 0 Å². The minimum absolute atomic E-state index is 0.208. The van der Waals surface area contributed by atoms with Crippen LogP contribution in [0.5, 0.6) is 5.75 Å². The van der Waals surface area contributed by atoms with Crippen LogP contribution in [0.25, 0.3) is 11.3 Å². The highest BCUT2D eigenvalue weighted by molar-refractivity contribution is 5.94. The highest BCUT2D eigenvalue weighted by Gasteiger charge is 2.30. The van der Waals surface area contributed by atoms with E-state index in [2.05, 4.69) is 5.10 Å². The molecule has 0 bridgehead atoms. The summed E-state index contributed by atoms with van der Waals surface area (Å²) >= 11 is 0. The molecule has 3 rings (SSSR count). The van der Waals surface area contributed by atoms with Crippen LogP contribution in [0.2, 0.25) is 0 Å². The lowest BCUT2D eigenvalue weighted by molar-refractivity contribution is 0.0697. The minimum Gasteiger partial charge on any atom is -0.487 e. The summed E-state index contributed by atoms with van der Waals surface area (Å²) in [5.41, 5.74) is 2.40. The molecule has 5 nitrogen and oxygen atoms in total. The van der Waals surface area contributed by atoms with Crippen molar-refractivity contribution in [2.45, 2.75) is 25.9 Å². The van der Waals surface area contributed by atoms with E-state index in [1.807, 2.05) is 32.0 Å². The van der Waals surface area contributed by atoms with Crippen molar-refractivity contribution in [3.63, 3.8) is 0 Å². The summed E-state index contributed by atoms with van der Waals surface area (Å²) in [5, 5.41) is 13.5. The van der Waals surface area contributed by atoms with Crippen molar-refractivity contribution < 1.29 is 14.6 Å². The molecule has 0 radical (unpaired) electrons. The van der Waals surface area contributed by atoms with Gasteiger partial charge >= 0.3 is 5.97 Å². The predicted octanol–water partition coefficient (Wildman–Crippen LogP) is 2.50. The number of carboxylic acid groups (broad SMARTS) is 1. The average Bonchev–Trinajstić information content (AvgIpc) is 2.86. The topological polar surface area (TPSA) is 64.4 Å². The van der Waals surface area contributed by atoms with E-state index in [-0.39, 0.29) is 11.2 Å². The average molecular weight is 272 g/mol. The standard InChI is InChI=1S/C15H16N2O3/c1-15(2)7-10-6-9(4-5-12(10)20-15)13-11(14(18)19)8-17(3)16-13/h4-6,8H,7H2,1-3H3,(H,18,19). The summed E-state index contributed by atoms with van der Waals surface area (Å²) in [6.07, 6.45) is 2.33. The molecule has 2 aromatic rings. The van der Waals surface area contributed by atoms with Crippen LogP contribution in [0.15, 0.2) is 24.4 Å². The van der Waals surface area contributed by atoms with Crippen molar-refractivity contribution in [3.05, 3.63) is 35.5 Å². The van der Waals surface area contributed by atoms with Gasteiger partial charge in [-0.25, -0.2) is 4.79 Å². The lowest BCUT2D eigenvalue weighted by Crippen LogP contribution is -2.24. The van der Waals surface area contributed by atoms with Crippen LogP contribution in [0.1, 0.15) is 29.8 Å². The van der Waals surface area contributed by atoms with Crippen molar-refractivity contribution >= 4 is 5.97 Å². The normalized spacial score (nSPS) is 15.8. The molecular formula is C15H16N2O3. The molecular weight excluding hydrogens is 256 g/mol. The second kappa shape index (κ2) is 4.10. The number of ether oxygens (including phenoxy) is 1. The molecule has 0 aliphatic carbocycles. The lowest BCUT2D eigenvalue weighted by Gasteiger charge is -2.16. The first-order chi connectivity index (χ1) is 9.35. The van der Waals surface area contributed by atoms with Gasteiger partial charge in [0.1, 0.15) is 22.6 Å². The highest BCUT2D eigenvalue weighted by Crippen LogP contribution is 2.37. The molecule has 1 N–H and O–H groups in total. The minimum atomic E-state index is -0.967. The van der Waals surface area contributed by atoms with Crippen molar-refractivity contribution in [3.8, 4) is 17.0 Å². The second-order valence-electron chi connectivity index (χ2n) is 5.73. The van der Waals surface area contributed by atoms with Crippen LogP contribution in [-0.4, -0.2) is 26.5 Å². The van der Waals surface area contributed by atoms with Gasteiger partial charge in [-0.2, -0.15) is 5.10 Å². The highest BCUT2D eigenvalue weighted by atomic mass is 16.5. The quantitative estimate of drug-likeness (QED) is 0.912. The molecule has 1 aliphatic heterocycles. The Kier molecular flexibility index (Phi) is 2.61. The van der Waals surface area contributed by atoms with Crippen LogP contribution in [0, 0.1) is 0 Å². The fourth-order valence-electron chi connectivity index (χ4n) is 2.62. The number of rotatable bonds is 2. The van der Waals surface area contributed by atoms with Gasteiger partial charge in [-0.05, 0) is 37.6 Å². The Bertz CT molecular complexity index is 701. The summed E-state index contributed by atoms with van der Waals surface area (Å²) in [5.74, 6) is -0.100. The molecule has 0 atom stereocenters. The molecule has 0 saturated heterocycles. The van der Waals surface area contributed by atoms with E-state index in [9.17, 15) is 9.90 Å². The van der Waals surface area contributed by atoms with Gasteiger partial charge in [-0.15, -0.1) is 0 Å². The van der Waals surface area contributed by atoms with E-state index in [0.717, 1.165) is 23.3 Å². The summed E-state index contributed by atoms with van der Waals surface area (Å²) < 4.78 is 7.35. The monoisotopic (exact) mass is 272 g/mol. The Morgan fingerprint density at radius 2 is 2.20 bits per heavy atom. The molecule has 20 heavy (non-hydrogen) atoms. The largest absolute Gasteiger partial charge is 0.487 e. The van der Waals surface area contributed by atoms with Crippen LogP contribution in [-0.2, 0) is 13.5 Å². The first-order valence-electron chi connectivity index (χ1n) is 6.45. The maximum absolute atomic E-state index is 11.3. The van der Waals surface area contributed by atoms with Crippen molar-refractivity contribution in [2.24, 2.45) is 7.05 Å². The number of carboxylic acids is 1. The van der Waals surface area contributed by atoms with Gasteiger partial charge in [-0.3, -0.25) is 4.68 Å². The number of nitrogens with zero attached hydrogens (tertiary/aromatic N) is 2. The molecule has 2 heterocycles. The maximum Gasteiger partial charge on any atom is 0.339 e. The second-order valence-corrected chi connectivity index (χ2v) is 5.73. The van der Waals surface area contributed by atoms with E-state index < -0.39 is 5.97 Å². The summed E-state index contributed by atoms with van der Waals surface area (Å²) in [4.78, 5) is 11.3. The fraction of sp³-hybridized carbons (Fsp3) is 0.333. The molecule has 1 aliphatic rings. The Balaban J connectivity index is 2.08. The Labute approximate surface area is 116 Å². The molecule has 0 spiro atoms. The number of aryl methyl sites for hydroxylation is 1. The third-order valence-electron chi connectivity index (χ3n) is 3.40. The summed E-state index contributed by atoms with van der Waals surface area (Å²) in [7, 11) is 1.72. The van der Waals surface area contributed by atoms with E-state index >= 15 is 0 Å². The lowest BCUT2D eigenvalue weighted by atomic mass is 9.98. The summed E-state index contributed by atoms with van der Waals surface area (Å²) in [6, 6.07) is 5.72. The zero-order valence-electron chi connectivity index (χ0n) is 11.7. The number of fused-ring (bicyclic) bond motifs is 1. The van der Waals surface area contributed by atoms with E-state index in [0.29, 0.717) is 5.69 Å². The van der Waals surface area contributed by atoms with Gasteiger partial charge in [0.2, 0.25) is 0 Å². The number of hydrogen-bond acceptors (Lipinski definition) is 3. The number of aromatic carboxylic acids is 1. The van der Waals surface area contributed by atoms with Gasteiger partial charge in [0.05, 0.1) is 0 Å². The van der Waals surface area contributed by atoms with E-state index in [1.54, 1.807) is 7.05 Å². The van der Waals surface area contributed by atoms with E-state index in [1.165, 1.54) is 10.9 Å². The molecule has 104 valence electrons. The van der Waals surface area contributed by atoms with Gasteiger partial charge in [0.15, 0.2) is 0 Å². The van der Waals surface area contributed by atoms with Crippen molar-refractivity contribution in [1.82, 2.24) is 9.78 Å². The number of carbonyl (C=O) groups is 1. The van der Waals surface area contributed by atoms with Gasteiger partial charge in [0, 0.05) is 25.2 Å². The molecule has 0 fully saturated rings. The SMILES string of the molecule is Cn1cc(C(=O)O)c(-c2ccc3c(c2)CC(C)(C)O3)n1. The number of hydrogen-bond donors (Lipinski definition) is 1. The van der Waals surface area contributed by atoms with Crippen LogP contribution < -0.4 is 4.74 Å². The van der Waals surface area contributed by atoms with Crippen LogP contribution >= 0.6 is 0 Å². The molecule has 5 heteroatoms. The third-order valence-corrected chi connectivity index (χ3v) is 3.40. The Morgan fingerprint density at radius 1 is 1.45 bits per heavy atom. The van der Waals surface area contributed by atoms with Gasteiger partial charge < -0.3 is 9.84 Å². The zero-order chi connectivity index (χ0) is 14.5. The zero-order valence-corrected chi connectivity index (χ0v) is 11.7. The van der Waals surface area contributed by atoms with Crippen LogP contribution in [0.3, 0.4) is 0 Å². The van der Waals surface area contributed by atoms with Crippen molar-refractivity contribution in [1.29, 1.82) is 0 Å². The van der Waals surface area contributed by atoms with Crippen LogP contribution in [0.4, 0.5) is 0 Å². The van der Waals surface area contributed by atoms with Gasteiger partial charge in [-0.1, -0.05) is 0 Å². The number of aromatic nitrogens is 2. The first kappa shape index (κ1) is 12.7. The molecule has 1 aromatic carbocycles. The summed E-state index contributed by atoms with van der Waals surface area (Å²) in [6.45, 7) is 4.08. The molecule has 0 saturated carbocycles. The Hall–Kier alpha value is -2.30. The smallest absolute Gasteiger partial charge is 0.339 e. The van der Waals surface area contributed by atoms with Crippen molar-refractivity contribution in [2.75, 3.05) is 0 Å². The predicted molar refractivity (Wildman–Crippen MR) is 74.0 cm³/mol.